The Morgan fingerprint density at radius 3 is 2.63 bits per heavy atom. The molecule has 5 nitrogen and oxygen atoms in total. The van der Waals surface area contributed by atoms with Crippen molar-refractivity contribution in [2.75, 3.05) is 11.9 Å². The van der Waals surface area contributed by atoms with Gasteiger partial charge in [0.1, 0.15) is 5.82 Å². The van der Waals surface area contributed by atoms with E-state index in [2.05, 4.69) is 10.6 Å². The summed E-state index contributed by atoms with van der Waals surface area (Å²) in [7, 11) is 0. The van der Waals surface area contributed by atoms with Crippen LogP contribution in [-0.4, -0.2) is 29.6 Å². The molecule has 1 aromatic rings. The number of carboxylic acid groups (broad SMARTS) is 1. The maximum atomic E-state index is 13.0. The highest BCUT2D eigenvalue weighted by atomic mass is 19.1. The molecule has 0 fully saturated rings. The third-order valence-electron chi connectivity index (χ3n) is 2.39. The third-order valence-corrected chi connectivity index (χ3v) is 2.39. The fourth-order valence-electron chi connectivity index (χ4n) is 1.49. The zero-order valence-electron chi connectivity index (χ0n) is 10.9. The zero-order chi connectivity index (χ0) is 14.4. The number of carboxylic acids is 1. The summed E-state index contributed by atoms with van der Waals surface area (Å²) < 4.78 is 13.0. The van der Waals surface area contributed by atoms with E-state index in [1.807, 2.05) is 13.8 Å². The predicted molar refractivity (Wildman–Crippen MR) is 69.7 cm³/mol. The standard InChI is InChI=1S/C13H17FN2O3/c1-8(2)15-6-5-12(17)16-11-4-3-9(14)7-10(11)13(18)19/h3-4,7-8,15H,5-6H2,1-2H3,(H,16,17)(H,18,19). The van der Waals surface area contributed by atoms with Gasteiger partial charge in [0.2, 0.25) is 5.91 Å². The molecule has 0 aliphatic carbocycles. The second-order valence-corrected chi connectivity index (χ2v) is 4.40. The van der Waals surface area contributed by atoms with Crippen LogP contribution < -0.4 is 10.6 Å². The van der Waals surface area contributed by atoms with Crippen molar-refractivity contribution in [3.8, 4) is 0 Å². The van der Waals surface area contributed by atoms with Gasteiger partial charge in [0.15, 0.2) is 0 Å². The van der Waals surface area contributed by atoms with Crippen LogP contribution in [0.25, 0.3) is 0 Å². The number of aromatic carboxylic acids is 1. The first-order valence-corrected chi connectivity index (χ1v) is 5.96. The summed E-state index contributed by atoms with van der Waals surface area (Å²) in [6.07, 6.45) is 0.217. The van der Waals surface area contributed by atoms with E-state index in [1.165, 1.54) is 6.07 Å². The molecule has 0 saturated carbocycles. The van der Waals surface area contributed by atoms with Gasteiger partial charge in [0.05, 0.1) is 11.3 Å². The lowest BCUT2D eigenvalue weighted by Gasteiger charge is -2.10. The van der Waals surface area contributed by atoms with Gasteiger partial charge in [0, 0.05) is 19.0 Å². The Morgan fingerprint density at radius 2 is 2.05 bits per heavy atom. The number of amides is 1. The maximum absolute atomic E-state index is 13.0. The Hall–Kier alpha value is -1.95. The molecule has 0 bridgehead atoms. The van der Waals surface area contributed by atoms with Crippen molar-refractivity contribution in [1.29, 1.82) is 0 Å². The van der Waals surface area contributed by atoms with Gasteiger partial charge >= 0.3 is 5.97 Å². The van der Waals surface area contributed by atoms with Gasteiger partial charge in [-0.15, -0.1) is 0 Å². The smallest absolute Gasteiger partial charge is 0.337 e. The predicted octanol–water partition coefficient (Wildman–Crippen LogP) is 1.85. The molecule has 3 N–H and O–H groups in total. The number of anilines is 1. The number of rotatable bonds is 6. The average molecular weight is 268 g/mol. The van der Waals surface area contributed by atoms with E-state index in [9.17, 15) is 14.0 Å². The van der Waals surface area contributed by atoms with Crippen LogP contribution in [0.5, 0.6) is 0 Å². The van der Waals surface area contributed by atoms with E-state index in [-0.39, 0.29) is 29.6 Å². The normalized spacial score (nSPS) is 10.5. The fourth-order valence-corrected chi connectivity index (χ4v) is 1.49. The number of carbonyl (C=O) groups is 2. The lowest BCUT2D eigenvalue weighted by Crippen LogP contribution is -2.27. The Bertz CT molecular complexity index is 475. The highest BCUT2D eigenvalue weighted by Gasteiger charge is 2.13. The second-order valence-electron chi connectivity index (χ2n) is 4.40. The summed E-state index contributed by atoms with van der Waals surface area (Å²) in [5, 5.41) is 14.5. The summed E-state index contributed by atoms with van der Waals surface area (Å²) in [4.78, 5) is 22.5. The molecule has 0 aliphatic rings. The first kappa shape index (κ1) is 15.1. The van der Waals surface area contributed by atoms with Crippen molar-refractivity contribution in [1.82, 2.24) is 5.32 Å². The van der Waals surface area contributed by atoms with Gasteiger partial charge in [-0.25, -0.2) is 9.18 Å². The Labute approximate surface area is 110 Å². The SMILES string of the molecule is CC(C)NCCC(=O)Nc1ccc(F)cc1C(=O)O. The summed E-state index contributed by atoms with van der Waals surface area (Å²) in [5.74, 6) is -2.26. The molecule has 1 amide bonds. The van der Waals surface area contributed by atoms with E-state index in [4.69, 9.17) is 5.11 Å². The lowest BCUT2D eigenvalue weighted by atomic mass is 10.1. The molecule has 104 valence electrons. The van der Waals surface area contributed by atoms with Gasteiger partial charge in [-0.2, -0.15) is 0 Å². The summed E-state index contributed by atoms with van der Waals surface area (Å²) >= 11 is 0. The van der Waals surface area contributed by atoms with Gasteiger partial charge in [-0.3, -0.25) is 4.79 Å². The number of nitrogens with one attached hydrogen (secondary N) is 2. The molecule has 19 heavy (non-hydrogen) atoms. The third kappa shape index (κ3) is 5.05. The van der Waals surface area contributed by atoms with Crippen molar-refractivity contribution in [2.24, 2.45) is 0 Å². The molecule has 1 rings (SSSR count). The second kappa shape index (κ2) is 6.84. The zero-order valence-corrected chi connectivity index (χ0v) is 10.9. The van der Waals surface area contributed by atoms with Crippen LogP contribution in [0.3, 0.4) is 0 Å². The molecule has 0 radical (unpaired) electrons. The minimum Gasteiger partial charge on any atom is -0.478 e. The minimum absolute atomic E-state index is 0.100. The summed E-state index contributed by atoms with van der Waals surface area (Å²) in [6.45, 7) is 4.41. The molecule has 0 unspecified atom stereocenters. The van der Waals surface area contributed by atoms with Crippen LogP contribution in [0.1, 0.15) is 30.6 Å². The van der Waals surface area contributed by atoms with E-state index < -0.39 is 11.8 Å². The van der Waals surface area contributed by atoms with Crippen molar-refractivity contribution in [2.45, 2.75) is 26.3 Å². The molecule has 0 aromatic heterocycles. The van der Waals surface area contributed by atoms with Crippen LogP contribution in [-0.2, 0) is 4.79 Å². The van der Waals surface area contributed by atoms with Crippen molar-refractivity contribution < 1.29 is 19.1 Å². The van der Waals surface area contributed by atoms with Crippen LogP contribution in [0.4, 0.5) is 10.1 Å². The van der Waals surface area contributed by atoms with E-state index in [1.54, 1.807) is 0 Å². The molecule has 0 saturated heterocycles. The highest BCUT2D eigenvalue weighted by molar-refractivity contribution is 6.00. The molecule has 0 atom stereocenters. The first-order chi connectivity index (χ1) is 8.90. The van der Waals surface area contributed by atoms with Crippen LogP contribution in [0.2, 0.25) is 0 Å². The molecule has 0 heterocycles. The number of halogens is 1. The number of carbonyl (C=O) groups excluding carboxylic acids is 1. The fraction of sp³-hybridized carbons (Fsp3) is 0.385. The van der Waals surface area contributed by atoms with Crippen LogP contribution >= 0.6 is 0 Å². The summed E-state index contributed by atoms with van der Waals surface area (Å²) in [5.41, 5.74) is -0.159. The van der Waals surface area contributed by atoms with Crippen LogP contribution in [0, 0.1) is 5.82 Å². The van der Waals surface area contributed by atoms with Gasteiger partial charge in [-0.05, 0) is 18.2 Å². The van der Waals surface area contributed by atoms with Gasteiger partial charge in [-0.1, -0.05) is 13.8 Å². The quantitative estimate of drug-likeness (QED) is 0.735. The minimum atomic E-state index is -1.28. The largest absolute Gasteiger partial charge is 0.478 e. The lowest BCUT2D eigenvalue weighted by molar-refractivity contribution is -0.116. The van der Waals surface area contributed by atoms with Crippen molar-refractivity contribution in [3.63, 3.8) is 0 Å². The van der Waals surface area contributed by atoms with Gasteiger partial charge < -0.3 is 15.7 Å². The number of benzene rings is 1. The number of hydrogen-bond acceptors (Lipinski definition) is 3. The molecule has 6 heteroatoms. The Morgan fingerprint density at radius 1 is 1.37 bits per heavy atom. The topological polar surface area (TPSA) is 78.4 Å². The van der Waals surface area contributed by atoms with E-state index in [0.717, 1.165) is 12.1 Å². The first-order valence-electron chi connectivity index (χ1n) is 5.96. The van der Waals surface area contributed by atoms with E-state index >= 15 is 0 Å². The molecule has 0 aliphatic heterocycles. The van der Waals surface area contributed by atoms with E-state index in [0.29, 0.717) is 6.54 Å². The maximum Gasteiger partial charge on any atom is 0.337 e. The summed E-state index contributed by atoms with van der Waals surface area (Å²) in [6, 6.07) is 3.50. The monoisotopic (exact) mass is 268 g/mol. The van der Waals surface area contributed by atoms with Crippen LogP contribution in [0.15, 0.2) is 18.2 Å². The number of hydrogen-bond donors (Lipinski definition) is 3. The molecule has 0 spiro atoms. The Kier molecular flexibility index (Phi) is 5.44. The Balaban J connectivity index is 2.66. The highest BCUT2D eigenvalue weighted by Crippen LogP contribution is 2.17. The molecular formula is C13H17FN2O3. The molecule has 1 aromatic carbocycles. The average Bonchev–Trinajstić information content (AvgIpc) is 2.30. The van der Waals surface area contributed by atoms with Crippen molar-refractivity contribution in [3.05, 3.63) is 29.6 Å². The van der Waals surface area contributed by atoms with Gasteiger partial charge in [0.25, 0.3) is 0 Å². The molecular weight excluding hydrogens is 251 g/mol. The van der Waals surface area contributed by atoms with Crippen molar-refractivity contribution >= 4 is 17.6 Å².